The number of aryl methyl sites for hydroxylation is 2. The number of hydrogen-bond acceptors (Lipinski definition) is 4. The van der Waals surface area contributed by atoms with Gasteiger partial charge in [0.05, 0.1) is 11.8 Å². The topological polar surface area (TPSA) is 72.8 Å². The number of aromatic nitrogens is 4. The fourth-order valence-corrected chi connectivity index (χ4v) is 1.71. The Morgan fingerprint density at radius 1 is 1.50 bits per heavy atom. The van der Waals surface area contributed by atoms with E-state index >= 15 is 0 Å². The van der Waals surface area contributed by atoms with E-state index in [1.54, 1.807) is 18.0 Å². The van der Waals surface area contributed by atoms with Gasteiger partial charge >= 0.3 is 0 Å². The van der Waals surface area contributed by atoms with E-state index in [2.05, 4.69) is 15.1 Å². The summed E-state index contributed by atoms with van der Waals surface area (Å²) in [6.45, 7) is 0.663. The molecule has 2 aromatic heterocycles. The van der Waals surface area contributed by atoms with E-state index < -0.39 is 0 Å². The molecule has 0 aromatic carbocycles. The number of H-pyrrole nitrogens is 1. The van der Waals surface area contributed by atoms with Crippen LogP contribution in [0, 0.1) is 0 Å². The average molecular weight is 248 g/mol. The third-order valence-corrected chi connectivity index (χ3v) is 2.55. The molecular weight excluding hydrogens is 232 g/mol. The highest BCUT2D eigenvalue weighted by molar-refractivity contribution is 5.51. The number of hydrogen-bond donors (Lipinski definition) is 1. The first-order valence-corrected chi connectivity index (χ1v) is 5.77. The van der Waals surface area contributed by atoms with Gasteiger partial charge in [-0.25, -0.2) is 4.98 Å². The summed E-state index contributed by atoms with van der Waals surface area (Å²) in [5, 5.41) is 4.06. The van der Waals surface area contributed by atoms with Gasteiger partial charge in [-0.3, -0.25) is 9.48 Å². The minimum Gasteiger partial charge on any atom is -0.385 e. The van der Waals surface area contributed by atoms with Crippen molar-refractivity contribution in [2.45, 2.75) is 12.8 Å². The predicted octanol–water partition coefficient (Wildman–Crippen LogP) is 0.749. The van der Waals surface area contributed by atoms with Crippen LogP contribution >= 0.6 is 0 Å². The molecule has 0 fully saturated rings. The lowest BCUT2D eigenvalue weighted by atomic mass is 10.2. The van der Waals surface area contributed by atoms with Crippen molar-refractivity contribution in [3.63, 3.8) is 0 Å². The van der Waals surface area contributed by atoms with E-state index in [1.165, 1.54) is 6.07 Å². The van der Waals surface area contributed by atoms with Gasteiger partial charge in [0.2, 0.25) is 0 Å². The summed E-state index contributed by atoms with van der Waals surface area (Å²) in [5.74, 6) is 0.558. The summed E-state index contributed by atoms with van der Waals surface area (Å²) in [5.41, 5.74) is 1.44. The first kappa shape index (κ1) is 12.5. The molecule has 0 unspecified atom stereocenters. The van der Waals surface area contributed by atoms with Crippen LogP contribution in [0.2, 0.25) is 0 Å². The van der Waals surface area contributed by atoms with E-state index in [4.69, 9.17) is 4.74 Å². The molecule has 1 N–H and O–H groups in total. The van der Waals surface area contributed by atoms with E-state index in [-0.39, 0.29) is 5.56 Å². The Hall–Kier alpha value is -1.95. The lowest BCUT2D eigenvalue weighted by Gasteiger charge is -2.02. The zero-order valence-corrected chi connectivity index (χ0v) is 10.5. The van der Waals surface area contributed by atoms with E-state index in [0.717, 1.165) is 24.1 Å². The molecule has 0 spiro atoms. The fraction of sp³-hybridized carbons (Fsp3) is 0.417. The van der Waals surface area contributed by atoms with Gasteiger partial charge in [0.25, 0.3) is 5.56 Å². The maximum Gasteiger partial charge on any atom is 0.251 e. The molecule has 96 valence electrons. The van der Waals surface area contributed by atoms with Gasteiger partial charge < -0.3 is 9.72 Å². The van der Waals surface area contributed by atoms with Gasteiger partial charge in [0.15, 0.2) is 0 Å². The summed E-state index contributed by atoms with van der Waals surface area (Å²) in [4.78, 5) is 18.7. The molecule has 0 saturated carbocycles. The summed E-state index contributed by atoms with van der Waals surface area (Å²) in [7, 11) is 3.48. The average Bonchev–Trinajstić information content (AvgIpc) is 2.76. The Balaban J connectivity index is 2.24. The van der Waals surface area contributed by atoms with Crippen LogP contribution in [-0.4, -0.2) is 33.5 Å². The fourth-order valence-electron chi connectivity index (χ4n) is 1.71. The second-order valence-electron chi connectivity index (χ2n) is 4.08. The van der Waals surface area contributed by atoms with Crippen molar-refractivity contribution < 1.29 is 4.74 Å². The lowest BCUT2D eigenvalue weighted by molar-refractivity contribution is 0.195. The molecule has 0 amide bonds. The van der Waals surface area contributed by atoms with Gasteiger partial charge in [-0.05, 0) is 12.8 Å². The van der Waals surface area contributed by atoms with Gasteiger partial charge in [-0.1, -0.05) is 0 Å². The minimum absolute atomic E-state index is 0.142. The maximum atomic E-state index is 11.6. The van der Waals surface area contributed by atoms with Crippen LogP contribution in [0.5, 0.6) is 0 Å². The van der Waals surface area contributed by atoms with Crippen molar-refractivity contribution in [3.8, 4) is 11.4 Å². The molecule has 2 heterocycles. The summed E-state index contributed by atoms with van der Waals surface area (Å²) in [6.07, 6.45) is 5.07. The molecule has 0 saturated heterocycles. The number of nitrogens with zero attached hydrogens (tertiary/aromatic N) is 3. The molecule has 0 bridgehead atoms. The van der Waals surface area contributed by atoms with Gasteiger partial charge in [-0.15, -0.1) is 0 Å². The van der Waals surface area contributed by atoms with Crippen LogP contribution in [0.1, 0.15) is 12.1 Å². The van der Waals surface area contributed by atoms with Crippen LogP contribution in [0.25, 0.3) is 11.4 Å². The van der Waals surface area contributed by atoms with Crippen LogP contribution in [0.15, 0.2) is 23.3 Å². The van der Waals surface area contributed by atoms with Gasteiger partial charge in [-0.2, -0.15) is 5.10 Å². The Bertz CT molecular complexity index is 573. The van der Waals surface area contributed by atoms with E-state index in [9.17, 15) is 4.79 Å². The molecule has 0 atom stereocenters. The number of rotatable bonds is 5. The standard InChI is InChI=1S/C12H16N4O2/c1-16-8-9(7-13-16)12-14-10(4-3-5-18-2)6-11(17)15-12/h6-8H,3-5H2,1-2H3,(H,14,15,17). The zero-order chi connectivity index (χ0) is 13.0. The SMILES string of the molecule is COCCCc1cc(=O)[nH]c(-c2cnn(C)c2)n1. The number of nitrogens with one attached hydrogen (secondary N) is 1. The second kappa shape index (κ2) is 5.59. The highest BCUT2D eigenvalue weighted by atomic mass is 16.5. The maximum absolute atomic E-state index is 11.6. The monoisotopic (exact) mass is 248 g/mol. The molecule has 6 heteroatoms. The Morgan fingerprint density at radius 2 is 2.33 bits per heavy atom. The largest absolute Gasteiger partial charge is 0.385 e. The van der Waals surface area contributed by atoms with Crippen molar-refractivity contribution in [2.24, 2.45) is 7.05 Å². The Morgan fingerprint density at radius 3 is 3.00 bits per heavy atom. The first-order valence-electron chi connectivity index (χ1n) is 5.77. The predicted molar refractivity (Wildman–Crippen MR) is 67.3 cm³/mol. The quantitative estimate of drug-likeness (QED) is 0.792. The first-order chi connectivity index (χ1) is 8.69. The molecule has 0 radical (unpaired) electrons. The van der Waals surface area contributed by atoms with Crippen LogP contribution in [-0.2, 0) is 18.2 Å². The van der Waals surface area contributed by atoms with E-state index in [0.29, 0.717) is 12.4 Å². The lowest BCUT2D eigenvalue weighted by Crippen LogP contribution is -2.10. The Labute approximate surface area is 105 Å². The molecular formula is C12H16N4O2. The third-order valence-electron chi connectivity index (χ3n) is 2.55. The summed E-state index contributed by atoms with van der Waals surface area (Å²) < 4.78 is 6.66. The van der Waals surface area contributed by atoms with Crippen LogP contribution in [0.3, 0.4) is 0 Å². The van der Waals surface area contributed by atoms with Crippen molar-refractivity contribution in [2.75, 3.05) is 13.7 Å². The second-order valence-corrected chi connectivity index (χ2v) is 4.08. The van der Waals surface area contributed by atoms with Gasteiger partial charge in [0.1, 0.15) is 5.82 Å². The minimum atomic E-state index is -0.142. The summed E-state index contributed by atoms with van der Waals surface area (Å²) in [6, 6.07) is 1.52. The van der Waals surface area contributed by atoms with Crippen LogP contribution in [0.4, 0.5) is 0 Å². The molecule has 0 aliphatic heterocycles. The van der Waals surface area contributed by atoms with Crippen molar-refractivity contribution in [1.82, 2.24) is 19.7 Å². The van der Waals surface area contributed by atoms with Crippen LogP contribution < -0.4 is 5.56 Å². The highest BCUT2D eigenvalue weighted by Gasteiger charge is 2.05. The number of ether oxygens (including phenoxy) is 1. The molecule has 2 rings (SSSR count). The third kappa shape index (κ3) is 3.04. The van der Waals surface area contributed by atoms with E-state index in [1.807, 2.05) is 13.2 Å². The van der Waals surface area contributed by atoms with Gasteiger partial charge in [0, 0.05) is 38.7 Å². The molecule has 2 aromatic rings. The number of aromatic amines is 1. The zero-order valence-electron chi connectivity index (χ0n) is 10.5. The van der Waals surface area contributed by atoms with Crippen molar-refractivity contribution >= 4 is 0 Å². The summed E-state index contributed by atoms with van der Waals surface area (Å²) >= 11 is 0. The number of methoxy groups -OCH3 is 1. The normalized spacial score (nSPS) is 10.8. The molecule has 18 heavy (non-hydrogen) atoms. The molecule has 6 nitrogen and oxygen atoms in total. The smallest absolute Gasteiger partial charge is 0.251 e. The Kier molecular flexibility index (Phi) is 3.88. The highest BCUT2D eigenvalue weighted by Crippen LogP contribution is 2.12. The molecule has 0 aliphatic rings. The van der Waals surface area contributed by atoms with Crippen molar-refractivity contribution in [1.29, 1.82) is 0 Å². The molecule has 0 aliphatic carbocycles. The van der Waals surface area contributed by atoms with Crippen molar-refractivity contribution in [3.05, 3.63) is 34.5 Å².